The van der Waals surface area contributed by atoms with Crippen LogP contribution in [0.15, 0.2) is 29.3 Å². The Morgan fingerprint density at radius 3 is 2.60 bits per heavy atom. The molecular formula is C19H33N5O. The summed E-state index contributed by atoms with van der Waals surface area (Å²) in [7, 11) is 4.11. The molecule has 6 heteroatoms. The van der Waals surface area contributed by atoms with Crippen LogP contribution in [0.3, 0.4) is 0 Å². The summed E-state index contributed by atoms with van der Waals surface area (Å²) < 4.78 is 5.35. The third-order valence-corrected chi connectivity index (χ3v) is 4.42. The quantitative estimate of drug-likeness (QED) is 0.401. The van der Waals surface area contributed by atoms with Crippen molar-refractivity contribution in [1.82, 2.24) is 10.2 Å². The molecule has 0 bridgehead atoms. The van der Waals surface area contributed by atoms with E-state index in [1.807, 2.05) is 0 Å². The Bertz CT molecular complexity index is 509. The summed E-state index contributed by atoms with van der Waals surface area (Å²) in [5, 5.41) is 3.21. The van der Waals surface area contributed by atoms with Gasteiger partial charge in [-0.1, -0.05) is 12.1 Å². The van der Waals surface area contributed by atoms with Crippen molar-refractivity contribution in [2.24, 2.45) is 10.7 Å². The zero-order valence-electron chi connectivity index (χ0n) is 15.7. The highest BCUT2D eigenvalue weighted by Gasteiger charge is 2.08. The third-order valence-electron chi connectivity index (χ3n) is 4.42. The van der Waals surface area contributed by atoms with Gasteiger partial charge in [0.25, 0.3) is 0 Å². The molecule has 0 unspecified atom stereocenters. The minimum absolute atomic E-state index is 0.560. The molecular weight excluding hydrogens is 314 g/mol. The van der Waals surface area contributed by atoms with Gasteiger partial charge < -0.3 is 20.7 Å². The lowest BCUT2D eigenvalue weighted by molar-refractivity contribution is 0.0376. The van der Waals surface area contributed by atoms with Crippen LogP contribution >= 0.6 is 0 Å². The van der Waals surface area contributed by atoms with Gasteiger partial charge in [0.2, 0.25) is 0 Å². The van der Waals surface area contributed by atoms with Crippen LogP contribution in [-0.4, -0.2) is 70.9 Å². The second-order valence-electron chi connectivity index (χ2n) is 6.67. The molecule has 3 N–H and O–H groups in total. The van der Waals surface area contributed by atoms with Crippen molar-refractivity contribution in [3.63, 3.8) is 0 Å². The van der Waals surface area contributed by atoms with Crippen molar-refractivity contribution in [3.05, 3.63) is 29.8 Å². The predicted molar refractivity (Wildman–Crippen MR) is 105 cm³/mol. The maximum atomic E-state index is 5.93. The van der Waals surface area contributed by atoms with Gasteiger partial charge in [-0.05, 0) is 43.5 Å². The summed E-state index contributed by atoms with van der Waals surface area (Å²) in [5.74, 6) is 0.560. The van der Waals surface area contributed by atoms with Crippen LogP contribution < -0.4 is 16.0 Å². The highest BCUT2D eigenvalue weighted by Crippen LogP contribution is 2.13. The molecule has 0 spiro atoms. The lowest BCUT2D eigenvalue weighted by atomic mass is 10.1. The zero-order valence-corrected chi connectivity index (χ0v) is 15.7. The number of aliphatic imine (C=N–C) groups is 1. The van der Waals surface area contributed by atoms with Gasteiger partial charge in [0, 0.05) is 46.0 Å². The Kier molecular flexibility index (Phi) is 8.55. The van der Waals surface area contributed by atoms with E-state index in [2.05, 4.69) is 58.5 Å². The number of guanidine groups is 1. The number of hydrogen-bond donors (Lipinski definition) is 2. The van der Waals surface area contributed by atoms with Gasteiger partial charge >= 0.3 is 0 Å². The smallest absolute Gasteiger partial charge is 0.188 e. The molecule has 0 saturated carbocycles. The van der Waals surface area contributed by atoms with Crippen LogP contribution in [0.2, 0.25) is 0 Å². The van der Waals surface area contributed by atoms with Crippen LogP contribution in [0.1, 0.15) is 18.4 Å². The summed E-state index contributed by atoms with van der Waals surface area (Å²) in [6.07, 6.45) is 3.12. The second-order valence-corrected chi connectivity index (χ2v) is 6.67. The van der Waals surface area contributed by atoms with Crippen molar-refractivity contribution >= 4 is 11.6 Å². The van der Waals surface area contributed by atoms with Crippen LogP contribution in [0.4, 0.5) is 5.69 Å². The molecule has 0 aliphatic carbocycles. The van der Waals surface area contributed by atoms with E-state index in [0.29, 0.717) is 5.96 Å². The van der Waals surface area contributed by atoms with Crippen LogP contribution in [0.25, 0.3) is 0 Å². The molecule has 1 heterocycles. The Morgan fingerprint density at radius 2 is 1.92 bits per heavy atom. The van der Waals surface area contributed by atoms with E-state index in [9.17, 15) is 0 Å². The molecule has 0 aromatic heterocycles. The largest absolute Gasteiger partial charge is 0.379 e. The highest BCUT2D eigenvalue weighted by atomic mass is 16.5. The van der Waals surface area contributed by atoms with Crippen LogP contribution in [-0.2, 0) is 11.2 Å². The number of nitrogens with zero attached hydrogens (tertiary/aromatic N) is 3. The minimum Gasteiger partial charge on any atom is -0.379 e. The van der Waals surface area contributed by atoms with Gasteiger partial charge in [-0.15, -0.1) is 0 Å². The first kappa shape index (κ1) is 19.5. The fourth-order valence-corrected chi connectivity index (χ4v) is 2.84. The Balaban J connectivity index is 1.54. The number of morpholine rings is 1. The molecule has 140 valence electrons. The van der Waals surface area contributed by atoms with Crippen LogP contribution in [0.5, 0.6) is 0 Å². The summed E-state index contributed by atoms with van der Waals surface area (Å²) in [6, 6.07) is 8.69. The monoisotopic (exact) mass is 347 g/mol. The molecule has 1 fully saturated rings. The number of rotatable bonds is 9. The Labute approximate surface area is 152 Å². The van der Waals surface area contributed by atoms with Crippen molar-refractivity contribution in [1.29, 1.82) is 0 Å². The average Bonchev–Trinajstić information content (AvgIpc) is 2.63. The van der Waals surface area contributed by atoms with Gasteiger partial charge in [0.1, 0.15) is 0 Å². The lowest BCUT2D eigenvalue weighted by Gasteiger charge is -2.26. The van der Waals surface area contributed by atoms with E-state index in [1.165, 1.54) is 11.3 Å². The van der Waals surface area contributed by atoms with Crippen molar-refractivity contribution in [2.75, 3.05) is 64.9 Å². The fourth-order valence-electron chi connectivity index (χ4n) is 2.84. The summed E-state index contributed by atoms with van der Waals surface area (Å²) >= 11 is 0. The molecule has 6 nitrogen and oxygen atoms in total. The van der Waals surface area contributed by atoms with Crippen LogP contribution in [0, 0.1) is 0 Å². The van der Waals surface area contributed by atoms with Gasteiger partial charge in [-0.3, -0.25) is 9.89 Å². The minimum atomic E-state index is 0.560. The molecule has 1 saturated heterocycles. The molecule has 1 aromatic carbocycles. The lowest BCUT2D eigenvalue weighted by Crippen LogP contribution is -2.39. The topological polar surface area (TPSA) is 66.1 Å². The van der Waals surface area contributed by atoms with E-state index in [-0.39, 0.29) is 0 Å². The first-order valence-electron chi connectivity index (χ1n) is 9.25. The molecule has 25 heavy (non-hydrogen) atoms. The normalized spacial score (nSPS) is 16.0. The third kappa shape index (κ3) is 7.75. The van der Waals surface area contributed by atoms with Crippen molar-refractivity contribution in [3.8, 4) is 0 Å². The number of benzene rings is 1. The maximum absolute atomic E-state index is 5.93. The summed E-state index contributed by atoms with van der Waals surface area (Å²) in [6.45, 7) is 6.52. The summed E-state index contributed by atoms with van der Waals surface area (Å²) in [5.41, 5.74) is 8.50. The SMILES string of the molecule is CN(C)c1ccc(CCCN=C(N)NCCCN2CCOCC2)cc1. The standard InChI is InChI=1S/C19H33N5O/c1-23(2)18-8-6-17(7-9-18)5-3-10-21-19(20)22-11-4-12-24-13-15-25-16-14-24/h6-9H,3-5,10-16H2,1-2H3,(H3,20,21,22). The zero-order chi connectivity index (χ0) is 17.9. The number of nitrogens with two attached hydrogens (primary N) is 1. The van der Waals surface area contributed by atoms with E-state index in [0.717, 1.165) is 65.2 Å². The highest BCUT2D eigenvalue weighted by molar-refractivity contribution is 5.77. The molecule has 1 aromatic rings. The first-order chi connectivity index (χ1) is 12.1. The number of hydrogen-bond acceptors (Lipinski definition) is 4. The van der Waals surface area contributed by atoms with E-state index in [1.54, 1.807) is 0 Å². The van der Waals surface area contributed by atoms with Crippen molar-refractivity contribution in [2.45, 2.75) is 19.3 Å². The first-order valence-corrected chi connectivity index (χ1v) is 9.25. The maximum Gasteiger partial charge on any atom is 0.188 e. The van der Waals surface area contributed by atoms with E-state index < -0.39 is 0 Å². The number of ether oxygens (including phenoxy) is 1. The molecule has 0 atom stereocenters. The van der Waals surface area contributed by atoms with E-state index in [4.69, 9.17) is 10.5 Å². The van der Waals surface area contributed by atoms with Gasteiger partial charge in [-0.25, -0.2) is 0 Å². The van der Waals surface area contributed by atoms with Gasteiger partial charge in [0.05, 0.1) is 13.2 Å². The van der Waals surface area contributed by atoms with E-state index >= 15 is 0 Å². The molecule has 2 rings (SSSR count). The molecule has 1 aliphatic rings. The van der Waals surface area contributed by atoms with Crippen molar-refractivity contribution < 1.29 is 4.74 Å². The van der Waals surface area contributed by atoms with Gasteiger partial charge in [0.15, 0.2) is 5.96 Å². The number of aryl methyl sites for hydroxylation is 1. The molecule has 0 radical (unpaired) electrons. The number of nitrogens with one attached hydrogen (secondary N) is 1. The molecule has 0 amide bonds. The Hall–Kier alpha value is -1.79. The second kappa shape index (κ2) is 10.9. The Morgan fingerprint density at radius 1 is 1.20 bits per heavy atom. The summed E-state index contributed by atoms with van der Waals surface area (Å²) in [4.78, 5) is 8.95. The molecule has 1 aliphatic heterocycles. The predicted octanol–water partition coefficient (Wildman–Crippen LogP) is 1.31. The number of anilines is 1. The van der Waals surface area contributed by atoms with Gasteiger partial charge in [-0.2, -0.15) is 0 Å². The fraction of sp³-hybridized carbons (Fsp3) is 0.632. The average molecular weight is 348 g/mol.